The van der Waals surface area contributed by atoms with E-state index < -0.39 is 10.0 Å². The van der Waals surface area contributed by atoms with Crippen LogP contribution in [0.5, 0.6) is 0 Å². The van der Waals surface area contributed by atoms with Crippen LogP contribution in [0.25, 0.3) is 16.8 Å². The topological polar surface area (TPSA) is 96.2 Å². The molecule has 4 heterocycles. The predicted molar refractivity (Wildman–Crippen MR) is 88.1 cm³/mol. The summed E-state index contributed by atoms with van der Waals surface area (Å²) in [6.07, 6.45) is 6.95. The summed E-state index contributed by atoms with van der Waals surface area (Å²) >= 11 is 0. The number of fused-ring (bicyclic) bond motifs is 3. The lowest BCUT2D eigenvalue weighted by atomic mass is 10.1. The third-order valence-corrected chi connectivity index (χ3v) is 7.28. The third-order valence-electron chi connectivity index (χ3n) is 5.28. The van der Waals surface area contributed by atoms with Crippen LogP contribution in [0.4, 0.5) is 0 Å². The average Bonchev–Trinajstić information content (AvgIpc) is 3.30. The van der Waals surface area contributed by atoms with Crippen LogP contribution in [0.3, 0.4) is 0 Å². The van der Waals surface area contributed by atoms with Gasteiger partial charge in [0.1, 0.15) is 5.82 Å². The molecule has 2 atom stereocenters. The number of hydrogen-bond acceptors (Lipinski definition) is 5. The Kier molecular flexibility index (Phi) is 2.99. The highest BCUT2D eigenvalue weighted by atomic mass is 32.2. The molecule has 1 saturated heterocycles. The Labute approximate surface area is 138 Å². The molecule has 2 unspecified atom stereocenters. The SMILES string of the molecule is O=S1(=O)CCCN1C1CCC(c2nnc3cnc4[nH]ccc4n23)C1. The molecule has 1 saturated carbocycles. The largest absolute Gasteiger partial charge is 0.345 e. The summed E-state index contributed by atoms with van der Waals surface area (Å²) in [7, 11) is -3.06. The maximum absolute atomic E-state index is 12.2. The fourth-order valence-electron chi connectivity index (χ4n) is 4.18. The first-order valence-corrected chi connectivity index (χ1v) is 9.91. The van der Waals surface area contributed by atoms with E-state index in [0.717, 1.165) is 48.3 Å². The van der Waals surface area contributed by atoms with Gasteiger partial charge in [0.05, 0.1) is 17.5 Å². The molecule has 0 amide bonds. The van der Waals surface area contributed by atoms with Gasteiger partial charge in [-0.25, -0.2) is 13.4 Å². The van der Waals surface area contributed by atoms with Crippen molar-refractivity contribution in [1.82, 2.24) is 28.9 Å². The fraction of sp³-hybridized carbons (Fsp3) is 0.533. The fourth-order valence-corrected chi connectivity index (χ4v) is 5.97. The summed E-state index contributed by atoms with van der Waals surface area (Å²) in [4.78, 5) is 7.45. The molecule has 0 spiro atoms. The van der Waals surface area contributed by atoms with Crippen molar-refractivity contribution in [2.24, 2.45) is 0 Å². The minimum Gasteiger partial charge on any atom is -0.345 e. The Balaban J connectivity index is 1.52. The van der Waals surface area contributed by atoms with Crippen LogP contribution in [0.15, 0.2) is 18.5 Å². The number of H-pyrrole nitrogens is 1. The number of hydrogen-bond donors (Lipinski definition) is 1. The molecule has 3 aromatic rings. The molecule has 0 radical (unpaired) electrons. The molecule has 8 nitrogen and oxygen atoms in total. The zero-order chi connectivity index (χ0) is 16.3. The first kappa shape index (κ1) is 14.4. The van der Waals surface area contributed by atoms with E-state index in [1.54, 1.807) is 10.5 Å². The summed E-state index contributed by atoms with van der Waals surface area (Å²) < 4.78 is 28.1. The van der Waals surface area contributed by atoms with Gasteiger partial charge in [0.15, 0.2) is 11.3 Å². The number of nitrogens with zero attached hydrogens (tertiary/aromatic N) is 5. The van der Waals surface area contributed by atoms with Gasteiger partial charge in [0, 0.05) is 24.7 Å². The summed E-state index contributed by atoms with van der Waals surface area (Å²) in [6.45, 7) is 0.659. The first-order chi connectivity index (χ1) is 11.6. The van der Waals surface area contributed by atoms with Gasteiger partial charge in [-0.15, -0.1) is 10.2 Å². The maximum atomic E-state index is 12.2. The van der Waals surface area contributed by atoms with Gasteiger partial charge in [-0.05, 0) is 31.7 Å². The van der Waals surface area contributed by atoms with Crippen molar-refractivity contribution in [2.75, 3.05) is 12.3 Å². The van der Waals surface area contributed by atoms with Gasteiger partial charge in [-0.2, -0.15) is 4.31 Å². The average molecular weight is 346 g/mol. The second-order valence-electron chi connectivity index (χ2n) is 6.67. The summed E-state index contributed by atoms with van der Waals surface area (Å²) in [5.41, 5.74) is 2.50. The first-order valence-electron chi connectivity index (χ1n) is 8.30. The summed E-state index contributed by atoms with van der Waals surface area (Å²) in [5.74, 6) is 1.43. The molecule has 3 aromatic heterocycles. The minimum absolute atomic E-state index is 0.0957. The molecular formula is C15H18N6O2S. The van der Waals surface area contributed by atoms with E-state index in [-0.39, 0.29) is 17.7 Å². The highest BCUT2D eigenvalue weighted by molar-refractivity contribution is 7.89. The van der Waals surface area contributed by atoms with Crippen LogP contribution in [0.2, 0.25) is 0 Å². The van der Waals surface area contributed by atoms with Crippen LogP contribution >= 0.6 is 0 Å². The molecule has 9 heteroatoms. The summed E-state index contributed by atoms with van der Waals surface area (Å²) in [5, 5.41) is 8.64. The second kappa shape index (κ2) is 5.00. The number of aromatic nitrogens is 5. The van der Waals surface area contributed by atoms with E-state index in [2.05, 4.69) is 20.2 Å². The highest BCUT2D eigenvalue weighted by Crippen LogP contribution is 2.38. The third kappa shape index (κ3) is 2.01. The molecule has 5 rings (SSSR count). The maximum Gasteiger partial charge on any atom is 0.214 e. The van der Waals surface area contributed by atoms with Crippen LogP contribution in [-0.4, -0.2) is 55.6 Å². The summed E-state index contributed by atoms with van der Waals surface area (Å²) in [6, 6.07) is 2.07. The molecule has 1 aliphatic heterocycles. The lowest BCUT2D eigenvalue weighted by Gasteiger charge is -2.22. The zero-order valence-corrected chi connectivity index (χ0v) is 13.9. The molecule has 0 aromatic carbocycles. The van der Waals surface area contributed by atoms with Crippen LogP contribution in [0.1, 0.15) is 37.4 Å². The lowest BCUT2D eigenvalue weighted by Crippen LogP contribution is -2.34. The predicted octanol–water partition coefficient (Wildman–Crippen LogP) is 1.28. The van der Waals surface area contributed by atoms with Crippen molar-refractivity contribution in [3.63, 3.8) is 0 Å². The van der Waals surface area contributed by atoms with Gasteiger partial charge in [-0.1, -0.05) is 0 Å². The van der Waals surface area contributed by atoms with Gasteiger partial charge < -0.3 is 4.98 Å². The van der Waals surface area contributed by atoms with Crippen LogP contribution in [0, 0.1) is 0 Å². The van der Waals surface area contributed by atoms with Gasteiger partial charge in [0.25, 0.3) is 0 Å². The standard InChI is InChI=1S/C15H18N6O2S/c22-24(23)7-1-6-20(24)11-3-2-10(8-11)15-19-18-13-9-17-14-12(21(13)15)4-5-16-14/h4-5,9-11,16H,1-3,6-8H2. The lowest BCUT2D eigenvalue weighted by molar-refractivity contribution is 0.342. The van der Waals surface area contributed by atoms with Crippen molar-refractivity contribution < 1.29 is 8.42 Å². The Morgan fingerprint density at radius 1 is 1.25 bits per heavy atom. The zero-order valence-electron chi connectivity index (χ0n) is 13.1. The second-order valence-corrected chi connectivity index (χ2v) is 8.71. The molecule has 1 aliphatic carbocycles. The Bertz CT molecular complexity index is 1020. The molecular weight excluding hydrogens is 328 g/mol. The Morgan fingerprint density at radius 2 is 2.17 bits per heavy atom. The monoisotopic (exact) mass is 346 g/mol. The van der Waals surface area contributed by atoms with Gasteiger partial charge in [0.2, 0.25) is 10.0 Å². The van der Waals surface area contributed by atoms with E-state index in [4.69, 9.17) is 0 Å². The molecule has 2 aliphatic rings. The normalized spacial score (nSPS) is 27.5. The Morgan fingerprint density at radius 3 is 3.00 bits per heavy atom. The molecule has 1 N–H and O–H groups in total. The van der Waals surface area contributed by atoms with Crippen molar-refractivity contribution >= 4 is 26.8 Å². The number of rotatable bonds is 2. The molecule has 24 heavy (non-hydrogen) atoms. The van der Waals surface area contributed by atoms with Crippen LogP contribution < -0.4 is 0 Å². The van der Waals surface area contributed by atoms with E-state index in [0.29, 0.717) is 6.54 Å². The van der Waals surface area contributed by atoms with E-state index >= 15 is 0 Å². The molecule has 0 bridgehead atoms. The number of sulfonamides is 1. The van der Waals surface area contributed by atoms with Gasteiger partial charge >= 0.3 is 0 Å². The molecule has 126 valence electrons. The highest BCUT2D eigenvalue weighted by Gasteiger charge is 2.40. The number of aromatic amines is 1. The van der Waals surface area contributed by atoms with Crippen molar-refractivity contribution in [2.45, 2.75) is 37.6 Å². The minimum atomic E-state index is -3.06. The van der Waals surface area contributed by atoms with Crippen molar-refractivity contribution in [3.05, 3.63) is 24.3 Å². The van der Waals surface area contributed by atoms with Crippen molar-refractivity contribution in [3.8, 4) is 0 Å². The Hall–Kier alpha value is -2.00. The smallest absolute Gasteiger partial charge is 0.214 e. The van der Waals surface area contributed by atoms with E-state index in [1.165, 1.54) is 0 Å². The van der Waals surface area contributed by atoms with Crippen LogP contribution in [-0.2, 0) is 10.0 Å². The van der Waals surface area contributed by atoms with E-state index in [9.17, 15) is 8.42 Å². The van der Waals surface area contributed by atoms with E-state index in [1.807, 2.05) is 16.7 Å². The van der Waals surface area contributed by atoms with Gasteiger partial charge in [-0.3, -0.25) is 4.40 Å². The number of nitrogens with one attached hydrogen (secondary N) is 1. The quantitative estimate of drug-likeness (QED) is 0.754. The van der Waals surface area contributed by atoms with Crippen molar-refractivity contribution in [1.29, 1.82) is 0 Å². The molecule has 2 fully saturated rings.